The lowest BCUT2D eigenvalue weighted by Gasteiger charge is -2.29. The minimum Gasteiger partial charge on any atom is -0.491 e. The van der Waals surface area contributed by atoms with Crippen LogP contribution in [0.15, 0.2) is 83.8 Å². The number of para-hydroxylation sites is 1. The van der Waals surface area contributed by atoms with Gasteiger partial charge >= 0.3 is 12.1 Å². The Morgan fingerprint density at radius 1 is 0.907 bits per heavy atom. The molecule has 0 aliphatic carbocycles. The quantitative estimate of drug-likeness (QED) is 0.132. The van der Waals surface area contributed by atoms with Crippen molar-refractivity contribution in [3.05, 3.63) is 95.7 Å². The van der Waals surface area contributed by atoms with Crippen LogP contribution < -0.4 is 14.4 Å². The number of anilines is 1. The fourth-order valence-corrected chi connectivity index (χ4v) is 7.79. The molecule has 5 aromatic rings. The molecule has 0 spiro atoms. The van der Waals surface area contributed by atoms with Gasteiger partial charge in [-0.3, -0.25) is 9.69 Å². The first-order valence-corrected chi connectivity index (χ1v) is 19.0. The molecule has 3 aromatic carbocycles. The molecule has 0 bridgehead atoms. The summed E-state index contributed by atoms with van der Waals surface area (Å²) in [7, 11) is 1.56. The monoisotopic (exact) mass is 750 g/mol. The van der Waals surface area contributed by atoms with E-state index in [0.717, 1.165) is 49.6 Å². The number of methoxy groups -OCH3 is 1. The maximum atomic E-state index is 13.5. The first kappa shape index (κ1) is 38.7. The topological polar surface area (TPSA) is 116 Å². The van der Waals surface area contributed by atoms with E-state index in [1.54, 1.807) is 43.7 Å². The number of aliphatic carboxylic acids is 1. The summed E-state index contributed by atoms with van der Waals surface area (Å²) < 4.78 is 19.6. The number of benzene rings is 3. The highest BCUT2D eigenvalue weighted by Crippen LogP contribution is 2.44. The number of hydrogen-bond acceptors (Lipinski definition) is 8. The molecule has 0 saturated heterocycles. The van der Waals surface area contributed by atoms with Gasteiger partial charge < -0.3 is 23.9 Å². The van der Waals surface area contributed by atoms with Gasteiger partial charge in [0.25, 0.3) is 0 Å². The van der Waals surface area contributed by atoms with E-state index in [-0.39, 0.29) is 17.4 Å². The zero-order valence-corrected chi connectivity index (χ0v) is 33.4. The average Bonchev–Trinajstić information content (AvgIpc) is 3.61. The third kappa shape index (κ3) is 8.67. The predicted octanol–water partition coefficient (Wildman–Crippen LogP) is 9.44. The average molecular weight is 751 g/mol. The largest absolute Gasteiger partial charge is 0.491 e. The molecule has 6 rings (SSSR count). The summed E-state index contributed by atoms with van der Waals surface area (Å²) in [6.07, 6.45) is 0.585. The molecule has 1 amide bonds. The van der Waals surface area contributed by atoms with Gasteiger partial charge in [-0.1, -0.05) is 63.2 Å². The first-order valence-electron chi connectivity index (χ1n) is 18.2. The lowest BCUT2D eigenvalue weighted by Crippen LogP contribution is -2.44. The predicted molar refractivity (Wildman–Crippen MR) is 214 cm³/mol. The second kappa shape index (κ2) is 15.0. The van der Waals surface area contributed by atoms with E-state index in [0.29, 0.717) is 31.0 Å². The molecule has 0 fully saturated rings. The molecule has 1 atom stereocenters. The van der Waals surface area contributed by atoms with Crippen molar-refractivity contribution in [3.63, 3.8) is 0 Å². The second-order valence-electron chi connectivity index (χ2n) is 16.4. The smallest absolute Gasteiger partial charge is 0.415 e. The number of carboxylic acid groups (broad SMARTS) is 1. The summed E-state index contributed by atoms with van der Waals surface area (Å²) in [5.74, 6) is 0.271. The van der Waals surface area contributed by atoms with E-state index >= 15 is 0 Å². The summed E-state index contributed by atoms with van der Waals surface area (Å²) in [4.78, 5) is 28.7. The molecule has 0 unspecified atom stereocenters. The lowest BCUT2D eigenvalue weighted by atomic mass is 9.88. The number of amides is 1. The van der Waals surface area contributed by atoms with Crippen molar-refractivity contribution in [1.82, 2.24) is 14.8 Å². The van der Waals surface area contributed by atoms with Crippen molar-refractivity contribution in [2.24, 2.45) is 5.41 Å². The van der Waals surface area contributed by atoms with Crippen LogP contribution in [0.2, 0.25) is 0 Å². The Labute approximate surface area is 321 Å². The summed E-state index contributed by atoms with van der Waals surface area (Å²) in [5, 5.41) is 19.7. The minimum absolute atomic E-state index is 0.164. The Morgan fingerprint density at radius 2 is 1.63 bits per heavy atom. The number of ether oxygens (including phenoxy) is 3. The van der Waals surface area contributed by atoms with Gasteiger partial charge in [-0.2, -0.15) is 0 Å². The summed E-state index contributed by atoms with van der Waals surface area (Å²) in [5.41, 5.74) is 4.93. The van der Waals surface area contributed by atoms with Crippen LogP contribution in [0.3, 0.4) is 0 Å². The molecule has 1 aliphatic rings. The van der Waals surface area contributed by atoms with Crippen molar-refractivity contribution >= 4 is 40.4 Å². The number of carboxylic acids is 1. The fourth-order valence-electron chi connectivity index (χ4n) is 6.61. The Bertz CT molecular complexity index is 2150. The first-order chi connectivity index (χ1) is 25.4. The van der Waals surface area contributed by atoms with Gasteiger partial charge in [0, 0.05) is 50.8 Å². The van der Waals surface area contributed by atoms with Crippen LogP contribution in [0, 0.1) is 5.41 Å². The molecule has 2 aromatic heterocycles. The Hall–Kier alpha value is -5.03. The Morgan fingerprint density at radius 3 is 2.26 bits per heavy atom. The molecular weight excluding hydrogens is 701 g/mol. The van der Waals surface area contributed by atoms with E-state index in [2.05, 4.69) is 59.8 Å². The zero-order valence-electron chi connectivity index (χ0n) is 32.6. The molecule has 3 heterocycles. The van der Waals surface area contributed by atoms with Gasteiger partial charge in [-0.15, -0.1) is 22.0 Å². The lowest BCUT2D eigenvalue weighted by molar-refractivity contribution is -0.146. The molecule has 0 saturated carbocycles. The highest BCUT2D eigenvalue weighted by atomic mass is 32.2. The van der Waals surface area contributed by atoms with E-state index in [1.165, 1.54) is 0 Å². The molecule has 10 nitrogen and oxygen atoms in total. The second-order valence-corrected chi connectivity index (χ2v) is 18.3. The van der Waals surface area contributed by atoms with Crippen LogP contribution in [0.4, 0.5) is 10.5 Å². The van der Waals surface area contributed by atoms with Gasteiger partial charge in [-0.25, -0.2) is 4.79 Å². The van der Waals surface area contributed by atoms with E-state index in [4.69, 9.17) is 14.2 Å². The van der Waals surface area contributed by atoms with Crippen molar-refractivity contribution in [2.45, 2.75) is 96.1 Å². The van der Waals surface area contributed by atoms with E-state index < -0.39 is 23.1 Å². The van der Waals surface area contributed by atoms with Gasteiger partial charge in [0.1, 0.15) is 18.0 Å². The van der Waals surface area contributed by atoms with Crippen molar-refractivity contribution in [1.29, 1.82) is 0 Å². The number of thioether (sulfide) groups is 1. The number of carbonyl (C=O) groups is 2. The summed E-state index contributed by atoms with van der Waals surface area (Å²) in [6, 6.07) is 25.6. The molecular formula is C43H50N4O6S. The number of fused-ring (bicyclic) bond motifs is 2. The highest BCUT2D eigenvalue weighted by Gasteiger charge is 2.37. The molecule has 54 heavy (non-hydrogen) atoms. The van der Waals surface area contributed by atoms with Crippen molar-refractivity contribution < 1.29 is 28.9 Å². The number of carbonyl (C=O) groups excluding carboxylic acids is 1. The minimum atomic E-state index is -1.02. The SMILES string of the molecule is COc1ccc(-c2ccc(Cn3c(CC(C)(C)C(=O)O)c(SC(C)(C)C)c4cc(OC[C@@H]5Cc6ccccc6N5C(=O)OC(C)(C)C)ccc43)cc2)nn1. The number of rotatable bonds is 11. The number of nitrogens with zero attached hydrogens (tertiary/aromatic N) is 4. The molecule has 1 N–H and O–H groups in total. The van der Waals surface area contributed by atoms with E-state index in [1.807, 2.05) is 69.3 Å². The van der Waals surface area contributed by atoms with Gasteiger partial charge in [-0.05, 0) is 82.5 Å². The maximum absolute atomic E-state index is 13.5. The van der Waals surface area contributed by atoms with E-state index in [9.17, 15) is 14.7 Å². The summed E-state index contributed by atoms with van der Waals surface area (Å²) >= 11 is 1.73. The standard InChI is InChI=1S/C43H50N4O6S/c1-41(2,3)53-40(50)47-30(22-29-12-10-11-13-34(29)47)26-52-31-18-20-35-32(23-31)38(54-42(4,5)6)36(24-43(7,8)39(48)49)46(35)25-27-14-16-28(17-15-27)33-19-21-37(51-9)45-44-33/h10-21,23,30H,22,24-26H2,1-9H3,(H,48,49)/t30-/m0/s1. The highest BCUT2D eigenvalue weighted by molar-refractivity contribution is 8.00. The normalized spacial score (nSPS) is 14.6. The van der Waals surface area contributed by atoms with Crippen molar-refractivity contribution in [2.75, 3.05) is 18.6 Å². The molecule has 11 heteroatoms. The maximum Gasteiger partial charge on any atom is 0.415 e. The van der Waals surface area contributed by atoms with Crippen LogP contribution in [-0.2, 0) is 28.9 Å². The third-order valence-electron chi connectivity index (χ3n) is 9.23. The van der Waals surface area contributed by atoms with Gasteiger partial charge in [0.2, 0.25) is 5.88 Å². The number of aromatic nitrogens is 3. The molecule has 1 aliphatic heterocycles. The van der Waals surface area contributed by atoms with Crippen LogP contribution >= 0.6 is 11.8 Å². The Balaban J connectivity index is 1.36. The van der Waals surface area contributed by atoms with Gasteiger partial charge in [0.15, 0.2) is 0 Å². The number of hydrogen-bond donors (Lipinski definition) is 1. The van der Waals surface area contributed by atoms with Crippen molar-refractivity contribution in [3.8, 4) is 22.9 Å². The molecule has 0 radical (unpaired) electrons. The summed E-state index contributed by atoms with van der Waals surface area (Å²) in [6.45, 7) is 16.4. The third-order valence-corrected chi connectivity index (χ3v) is 10.5. The zero-order chi connectivity index (χ0) is 39.0. The van der Waals surface area contributed by atoms with Crippen LogP contribution in [-0.4, -0.2) is 62.0 Å². The Kier molecular flexibility index (Phi) is 10.8. The fraction of sp³-hybridized carbons (Fsp3) is 0.395. The molecule has 284 valence electrons. The van der Waals surface area contributed by atoms with Crippen LogP contribution in [0.5, 0.6) is 11.6 Å². The van der Waals surface area contributed by atoms with Gasteiger partial charge in [0.05, 0.1) is 29.9 Å². The van der Waals surface area contributed by atoms with Crippen LogP contribution in [0.25, 0.3) is 22.2 Å². The van der Waals surface area contributed by atoms with Crippen LogP contribution in [0.1, 0.15) is 72.2 Å².